The highest BCUT2D eigenvalue weighted by Gasteiger charge is 2.26. The summed E-state index contributed by atoms with van der Waals surface area (Å²) in [5.74, 6) is 3.78. The predicted molar refractivity (Wildman–Crippen MR) is 245 cm³/mol. The molecule has 0 fully saturated rings. The molecule has 2 atom stereocenters. The van der Waals surface area contributed by atoms with Crippen LogP contribution in [-0.2, 0) is 58.4 Å². The van der Waals surface area contributed by atoms with Crippen molar-refractivity contribution in [1.82, 2.24) is 5.32 Å². The topological polar surface area (TPSA) is 147 Å². The molecular weight excluding hydrogens is 794 g/mol. The Kier molecular flexibility index (Phi) is 30.5. The molecule has 0 saturated heterocycles. The molecule has 0 aromatic carbocycles. The summed E-state index contributed by atoms with van der Waals surface area (Å²) >= 11 is 0. The molecule has 0 bridgehead atoms. The fourth-order valence-corrected chi connectivity index (χ4v) is 8.37. The van der Waals surface area contributed by atoms with E-state index >= 15 is 0 Å². The lowest BCUT2D eigenvalue weighted by molar-refractivity contribution is -0.161. The highest BCUT2D eigenvalue weighted by molar-refractivity contribution is 7.47. The second kappa shape index (κ2) is 34.0. The first kappa shape index (κ1) is 54.7. The van der Waals surface area contributed by atoms with Gasteiger partial charge in [0.25, 0.3) is 0 Å². The lowest BCUT2D eigenvalue weighted by atomic mass is 10.0. The Bertz CT molecular complexity index is 1490. The molecule has 0 aliphatic heterocycles. The number of nitrogens with one attached hydrogen (secondary N) is 1. The second-order valence-electron chi connectivity index (χ2n) is 17.1. The number of ether oxygens (including phenoxy) is 2. The van der Waals surface area contributed by atoms with Crippen molar-refractivity contribution in [1.29, 1.82) is 0 Å². The van der Waals surface area contributed by atoms with Crippen LogP contribution in [0.5, 0.6) is 0 Å². The third-order valence-electron chi connectivity index (χ3n) is 11.5. The van der Waals surface area contributed by atoms with Crippen LogP contribution in [0.3, 0.4) is 0 Å². The Balaban J connectivity index is 1.56. The van der Waals surface area contributed by atoms with Gasteiger partial charge < -0.3 is 28.5 Å². The molecule has 2 aromatic heterocycles. The Morgan fingerprint density at radius 3 is 1.69 bits per heavy atom. The minimum absolute atomic E-state index is 0.0267. The number of unbranched alkanes of at least 4 members (excludes halogenated alkanes) is 18. The van der Waals surface area contributed by atoms with E-state index in [2.05, 4.69) is 46.0 Å². The predicted octanol–water partition coefficient (Wildman–Crippen LogP) is 12.9. The average molecular weight is 880 g/mol. The fraction of sp³-hybridized carbons (Fsp3) is 0.796. The summed E-state index contributed by atoms with van der Waals surface area (Å²) in [6, 6.07) is 2.22. The summed E-state index contributed by atoms with van der Waals surface area (Å²) < 4.78 is 45.6. The van der Waals surface area contributed by atoms with Crippen molar-refractivity contribution >= 4 is 19.8 Å². The van der Waals surface area contributed by atoms with Crippen molar-refractivity contribution in [2.45, 2.75) is 221 Å². The Morgan fingerprint density at radius 2 is 1.13 bits per heavy atom. The maximum atomic E-state index is 12.7. The van der Waals surface area contributed by atoms with Crippen LogP contribution in [0.15, 0.2) is 14.9 Å². The standard InChI is InChI=1S/C49H86NO10P/c1-7-9-24-30-43-37-40(3)45(58-43)31-25-20-16-12-10-11-13-19-23-28-34-49(52)59-44(39-57-61(53,54)56-36-35-50-6)38-55-48(51)33-27-22-18-15-14-17-21-26-32-47-42(5)41(4)46(60-47)29-8-2/h37,44,50H,7-36,38-39H2,1-6H3,(H,53,54)/t44-/m1/s1. The Morgan fingerprint density at radius 1 is 0.623 bits per heavy atom. The largest absolute Gasteiger partial charge is 0.472 e. The van der Waals surface area contributed by atoms with Gasteiger partial charge in [0.2, 0.25) is 0 Å². The first-order valence-corrected chi connectivity index (χ1v) is 25.8. The molecule has 0 amide bonds. The molecule has 0 saturated carbocycles. The summed E-state index contributed by atoms with van der Waals surface area (Å²) in [5, 5.41) is 2.83. The third kappa shape index (κ3) is 26.1. The van der Waals surface area contributed by atoms with Gasteiger partial charge in [-0.25, -0.2) is 4.57 Å². The normalized spacial score (nSPS) is 13.1. The molecule has 1 unspecified atom stereocenters. The zero-order chi connectivity index (χ0) is 44.6. The van der Waals surface area contributed by atoms with Crippen LogP contribution in [-0.4, -0.2) is 56.3 Å². The Hall–Kier alpha value is -2.43. The molecule has 0 radical (unpaired) electrons. The first-order chi connectivity index (χ1) is 29.5. The lowest BCUT2D eigenvalue weighted by Crippen LogP contribution is -2.29. The number of carbonyl (C=O) groups excluding carboxylic acids is 2. The van der Waals surface area contributed by atoms with Crippen LogP contribution in [0.4, 0.5) is 0 Å². The minimum atomic E-state index is -4.37. The van der Waals surface area contributed by atoms with E-state index < -0.39 is 26.5 Å². The van der Waals surface area contributed by atoms with E-state index in [1.165, 1.54) is 99.5 Å². The van der Waals surface area contributed by atoms with Crippen molar-refractivity contribution in [3.05, 3.63) is 45.8 Å². The van der Waals surface area contributed by atoms with E-state index in [1.807, 2.05) is 0 Å². The molecule has 0 aliphatic rings. The van der Waals surface area contributed by atoms with Crippen molar-refractivity contribution in [2.75, 3.05) is 33.4 Å². The fourth-order valence-electron chi connectivity index (χ4n) is 7.62. The van der Waals surface area contributed by atoms with Gasteiger partial charge in [0.1, 0.15) is 29.6 Å². The number of furan rings is 2. The van der Waals surface area contributed by atoms with E-state index in [4.69, 9.17) is 27.4 Å². The number of aryl methyl sites for hydroxylation is 5. The number of hydrogen-bond acceptors (Lipinski definition) is 10. The number of rotatable bonds is 40. The summed E-state index contributed by atoms with van der Waals surface area (Å²) in [7, 11) is -2.67. The Labute approximate surface area is 370 Å². The molecule has 11 nitrogen and oxygen atoms in total. The molecule has 61 heavy (non-hydrogen) atoms. The van der Waals surface area contributed by atoms with Crippen LogP contribution in [0, 0.1) is 20.8 Å². The summed E-state index contributed by atoms with van der Waals surface area (Å²) in [6.07, 6.45) is 28.0. The number of phosphoric acid groups is 1. The van der Waals surface area contributed by atoms with Gasteiger partial charge in [0.15, 0.2) is 6.10 Å². The van der Waals surface area contributed by atoms with Gasteiger partial charge in [0, 0.05) is 45.1 Å². The molecule has 12 heteroatoms. The monoisotopic (exact) mass is 880 g/mol. The van der Waals surface area contributed by atoms with Crippen LogP contribution >= 0.6 is 7.82 Å². The van der Waals surface area contributed by atoms with Crippen molar-refractivity contribution in [3.63, 3.8) is 0 Å². The van der Waals surface area contributed by atoms with Gasteiger partial charge in [0.05, 0.1) is 13.2 Å². The molecule has 2 N–H and O–H groups in total. The number of phosphoric ester groups is 1. The molecular formula is C49H86NO10P. The zero-order valence-corrected chi connectivity index (χ0v) is 40.2. The van der Waals surface area contributed by atoms with Crippen molar-refractivity contribution < 1.29 is 46.4 Å². The van der Waals surface area contributed by atoms with Gasteiger partial charge in [-0.2, -0.15) is 0 Å². The van der Waals surface area contributed by atoms with Gasteiger partial charge in [-0.3, -0.25) is 18.6 Å². The summed E-state index contributed by atoms with van der Waals surface area (Å²) in [5.41, 5.74) is 3.93. The number of hydrogen-bond donors (Lipinski definition) is 2. The van der Waals surface area contributed by atoms with Crippen LogP contribution in [0.25, 0.3) is 0 Å². The van der Waals surface area contributed by atoms with E-state index in [0.717, 1.165) is 94.3 Å². The number of esters is 2. The highest BCUT2D eigenvalue weighted by atomic mass is 31.2. The average Bonchev–Trinajstić information content (AvgIpc) is 3.72. The summed E-state index contributed by atoms with van der Waals surface area (Å²) in [4.78, 5) is 35.3. The lowest BCUT2D eigenvalue weighted by Gasteiger charge is -2.20. The van der Waals surface area contributed by atoms with Gasteiger partial charge in [-0.15, -0.1) is 0 Å². The van der Waals surface area contributed by atoms with Crippen LogP contribution < -0.4 is 5.32 Å². The molecule has 2 heterocycles. The molecule has 0 aliphatic carbocycles. The first-order valence-electron chi connectivity index (χ1n) is 24.3. The van der Waals surface area contributed by atoms with Crippen LogP contribution in [0.2, 0.25) is 0 Å². The second-order valence-corrected chi connectivity index (χ2v) is 18.5. The zero-order valence-electron chi connectivity index (χ0n) is 39.4. The minimum Gasteiger partial charge on any atom is -0.466 e. The number of likely N-dealkylation sites (N-methyl/N-ethyl adjacent to an activating group) is 1. The van der Waals surface area contributed by atoms with Gasteiger partial charge in [-0.05, 0) is 89.1 Å². The van der Waals surface area contributed by atoms with Crippen molar-refractivity contribution in [2.24, 2.45) is 0 Å². The molecule has 352 valence electrons. The number of carbonyl (C=O) groups is 2. The van der Waals surface area contributed by atoms with Crippen LogP contribution in [0.1, 0.15) is 208 Å². The van der Waals surface area contributed by atoms with E-state index in [9.17, 15) is 19.0 Å². The smallest absolute Gasteiger partial charge is 0.466 e. The molecule has 2 rings (SSSR count). The maximum absolute atomic E-state index is 12.7. The van der Waals surface area contributed by atoms with E-state index in [1.54, 1.807) is 7.05 Å². The third-order valence-corrected chi connectivity index (χ3v) is 12.5. The SMILES string of the molecule is CCCCCc1cc(C)c(CCCCCCCCCCCCC(=O)O[C@H](COC(=O)CCCCCCCCCCc2oc(CCC)c(C)c2C)COP(=O)(O)OCCNC)o1. The van der Waals surface area contributed by atoms with E-state index in [-0.39, 0.29) is 32.0 Å². The van der Waals surface area contributed by atoms with Gasteiger partial charge >= 0.3 is 19.8 Å². The highest BCUT2D eigenvalue weighted by Crippen LogP contribution is 2.43. The van der Waals surface area contributed by atoms with Crippen molar-refractivity contribution in [3.8, 4) is 0 Å². The molecule has 2 aromatic rings. The quantitative estimate of drug-likeness (QED) is 0.0374. The van der Waals surface area contributed by atoms with Gasteiger partial charge in [-0.1, -0.05) is 117 Å². The van der Waals surface area contributed by atoms with E-state index in [0.29, 0.717) is 19.4 Å². The molecule has 0 spiro atoms. The maximum Gasteiger partial charge on any atom is 0.472 e. The summed E-state index contributed by atoms with van der Waals surface area (Å²) in [6.45, 7) is 10.6.